The number of nitrogens with one attached hydrogen (secondary N) is 2. The van der Waals surface area contributed by atoms with Crippen LogP contribution in [0.15, 0.2) is 54.9 Å². The number of aromatic nitrogens is 2. The van der Waals surface area contributed by atoms with Crippen LogP contribution in [-0.2, 0) is 11.2 Å². The minimum atomic E-state index is -0.254. The van der Waals surface area contributed by atoms with E-state index in [-0.39, 0.29) is 11.7 Å². The van der Waals surface area contributed by atoms with Crippen molar-refractivity contribution < 1.29 is 9.18 Å². The van der Waals surface area contributed by atoms with Gasteiger partial charge in [0.2, 0.25) is 5.91 Å². The summed E-state index contributed by atoms with van der Waals surface area (Å²) in [5.74, 6) is -0.422. The summed E-state index contributed by atoms with van der Waals surface area (Å²) >= 11 is 0. The third-order valence-corrected chi connectivity index (χ3v) is 5.22. The molecule has 0 aliphatic carbocycles. The van der Waals surface area contributed by atoms with Gasteiger partial charge >= 0.3 is 0 Å². The number of rotatable bonds is 5. The van der Waals surface area contributed by atoms with E-state index in [9.17, 15) is 9.18 Å². The molecule has 4 nitrogen and oxygen atoms in total. The molecule has 0 bridgehead atoms. The van der Waals surface area contributed by atoms with Crippen molar-refractivity contribution >= 4 is 33.7 Å². The molecule has 4 rings (SSSR count). The van der Waals surface area contributed by atoms with Crippen LogP contribution in [0.4, 0.5) is 4.39 Å². The summed E-state index contributed by atoms with van der Waals surface area (Å²) in [6, 6.07) is 11.2. The zero-order valence-corrected chi connectivity index (χ0v) is 16.4. The highest BCUT2D eigenvalue weighted by Crippen LogP contribution is 2.27. The van der Waals surface area contributed by atoms with Crippen LogP contribution in [0.1, 0.15) is 22.4 Å². The Morgan fingerprint density at radius 1 is 1.17 bits per heavy atom. The van der Waals surface area contributed by atoms with Crippen molar-refractivity contribution in [1.29, 1.82) is 0 Å². The summed E-state index contributed by atoms with van der Waals surface area (Å²) < 4.78 is 14.1. The second-order valence-corrected chi connectivity index (χ2v) is 7.17. The van der Waals surface area contributed by atoms with Crippen molar-refractivity contribution in [2.75, 3.05) is 6.54 Å². The summed E-state index contributed by atoms with van der Waals surface area (Å²) in [6.45, 7) is 4.38. The molecule has 2 aromatic heterocycles. The molecule has 2 aromatic carbocycles. The van der Waals surface area contributed by atoms with Crippen molar-refractivity contribution in [3.05, 3.63) is 83.1 Å². The van der Waals surface area contributed by atoms with Crippen molar-refractivity contribution in [2.45, 2.75) is 20.3 Å². The zero-order valence-electron chi connectivity index (χ0n) is 16.4. The molecule has 0 aliphatic heterocycles. The molecule has 0 spiro atoms. The number of amides is 1. The first-order valence-electron chi connectivity index (χ1n) is 9.59. The Kier molecular flexibility index (Phi) is 5.12. The molecule has 0 unspecified atom stereocenters. The Morgan fingerprint density at radius 2 is 2.00 bits per heavy atom. The number of fused-ring (bicyclic) bond motifs is 2. The average molecular weight is 387 g/mol. The smallest absolute Gasteiger partial charge is 0.244 e. The quantitative estimate of drug-likeness (QED) is 0.481. The third-order valence-electron chi connectivity index (χ3n) is 5.22. The predicted molar refractivity (Wildman–Crippen MR) is 115 cm³/mol. The lowest BCUT2D eigenvalue weighted by Gasteiger charge is -2.05. The van der Waals surface area contributed by atoms with Gasteiger partial charge in [-0.1, -0.05) is 30.3 Å². The first kappa shape index (κ1) is 18.9. The van der Waals surface area contributed by atoms with Gasteiger partial charge in [0.15, 0.2) is 0 Å². The van der Waals surface area contributed by atoms with Crippen molar-refractivity contribution in [2.24, 2.45) is 0 Å². The normalized spacial score (nSPS) is 11.6. The van der Waals surface area contributed by atoms with Crippen molar-refractivity contribution in [3.8, 4) is 0 Å². The van der Waals surface area contributed by atoms with Crippen molar-refractivity contribution in [1.82, 2.24) is 15.3 Å². The second-order valence-electron chi connectivity index (χ2n) is 7.17. The molecular weight excluding hydrogens is 365 g/mol. The summed E-state index contributed by atoms with van der Waals surface area (Å²) in [7, 11) is 0. The highest BCUT2D eigenvalue weighted by atomic mass is 19.1. The van der Waals surface area contributed by atoms with Gasteiger partial charge in [-0.05, 0) is 48.9 Å². The van der Waals surface area contributed by atoms with E-state index in [4.69, 9.17) is 0 Å². The monoisotopic (exact) mass is 387 g/mol. The fraction of sp³-hybridized carbons (Fsp3) is 0.167. The number of benzene rings is 2. The van der Waals surface area contributed by atoms with E-state index in [1.165, 1.54) is 12.1 Å². The minimum Gasteiger partial charge on any atom is -0.356 e. The lowest BCUT2D eigenvalue weighted by atomic mass is 10.0. The van der Waals surface area contributed by atoms with Gasteiger partial charge in [-0.15, -0.1) is 0 Å². The van der Waals surface area contributed by atoms with Gasteiger partial charge in [0, 0.05) is 47.0 Å². The first-order chi connectivity index (χ1) is 14.0. The van der Waals surface area contributed by atoms with Crippen LogP contribution >= 0.6 is 0 Å². The molecule has 0 radical (unpaired) electrons. The van der Waals surface area contributed by atoms with Crippen molar-refractivity contribution in [3.63, 3.8) is 0 Å². The van der Waals surface area contributed by atoms with Crippen LogP contribution in [0.3, 0.4) is 0 Å². The van der Waals surface area contributed by atoms with Crippen LogP contribution in [0.25, 0.3) is 27.8 Å². The Morgan fingerprint density at radius 3 is 2.86 bits per heavy atom. The average Bonchev–Trinajstić information content (AvgIpc) is 3.07. The topological polar surface area (TPSA) is 57.8 Å². The van der Waals surface area contributed by atoms with Crippen LogP contribution in [0.2, 0.25) is 0 Å². The number of nitrogens with zero attached hydrogens (tertiary/aromatic N) is 1. The minimum absolute atomic E-state index is 0.168. The molecule has 1 amide bonds. The fourth-order valence-corrected chi connectivity index (χ4v) is 3.76. The molecule has 29 heavy (non-hydrogen) atoms. The highest BCUT2D eigenvalue weighted by molar-refractivity contribution is 5.96. The van der Waals surface area contributed by atoms with E-state index in [1.807, 2.05) is 38.1 Å². The largest absolute Gasteiger partial charge is 0.356 e. The standard InChI is InChI=1S/C24H22FN3O/c1-15-7-9-21(25)24-23(15)19(16(2)28-24)11-12-27-22(29)10-8-18-14-26-13-17-5-3-4-6-20(17)18/h3-10,13-14,28H,11-12H2,1-2H3,(H,27,29)/b10-8+. The lowest BCUT2D eigenvalue weighted by Crippen LogP contribution is -2.23. The number of hydrogen-bond acceptors (Lipinski definition) is 2. The van der Waals surface area contributed by atoms with Crippen LogP contribution in [0.5, 0.6) is 0 Å². The molecule has 0 atom stereocenters. The number of aryl methyl sites for hydroxylation is 2. The predicted octanol–water partition coefficient (Wildman–Crippen LogP) is 4.84. The zero-order chi connectivity index (χ0) is 20.4. The summed E-state index contributed by atoms with van der Waals surface area (Å²) in [5.41, 5.74) is 4.43. The van der Waals surface area contributed by atoms with Gasteiger partial charge in [-0.3, -0.25) is 9.78 Å². The van der Waals surface area contributed by atoms with Crippen LogP contribution in [-0.4, -0.2) is 22.4 Å². The summed E-state index contributed by atoms with van der Waals surface area (Å²) in [4.78, 5) is 19.6. The van der Waals surface area contributed by atoms with E-state index >= 15 is 0 Å². The number of aromatic amines is 1. The van der Waals surface area contributed by atoms with Crippen LogP contribution in [0, 0.1) is 19.7 Å². The molecule has 4 aromatic rings. The Labute approximate surface area is 168 Å². The first-order valence-corrected chi connectivity index (χ1v) is 9.59. The molecular formula is C24H22FN3O. The summed E-state index contributed by atoms with van der Waals surface area (Å²) in [5, 5.41) is 5.91. The second kappa shape index (κ2) is 7.87. The lowest BCUT2D eigenvalue weighted by molar-refractivity contribution is -0.116. The number of hydrogen-bond donors (Lipinski definition) is 2. The van der Waals surface area contributed by atoms with Gasteiger partial charge in [-0.2, -0.15) is 0 Å². The third kappa shape index (κ3) is 3.76. The number of halogens is 1. The van der Waals surface area contributed by atoms with E-state index in [0.29, 0.717) is 18.5 Å². The van der Waals surface area contributed by atoms with Gasteiger partial charge in [0.25, 0.3) is 0 Å². The molecule has 5 heteroatoms. The highest BCUT2D eigenvalue weighted by Gasteiger charge is 2.13. The fourth-order valence-electron chi connectivity index (χ4n) is 3.76. The van der Waals surface area contributed by atoms with Crippen LogP contribution < -0.4 is 5.32 Å². The maximum Gasteiger partial charge on any atom is 0.244 e. The molecule has 146 valence electrons. The number of H-pyrrole nitrogens is 1. The molecule has 2 heterocycles. The van der Waals surface area contributed by atoms with Gasteiger partial charge in [-0.25, -0.2) is 4.39 Å². The van der Waals surface area contributed by atoms with E-state index in [1.54, 1.807) is 24.5 Å². The molecule has 2 N–H and O–H groups in total. The van der Waals surface area contributed by atoms with Gasteiger partial charge in [0.1, 0.15) is 5.82 Å². The van der Waals surface area contributed by atoms with Gasteiger partial charge in [0.05, 0.1) is 5.52 Å². The Balaban J connectivity index is 1.44. The molecule has 0 fully saturated rings. The summed E-state index contributed by atoms with van der Waals surface area (Å²) in [6.07, 6.45) is 7.49. The van der Waals surface area contributed by atoms with E-state index in [0.717, 1.165) is 38.5 Å². The molecule has 0 aliphatic rings. The number of carbonyl (C=O) groups excluding carboxylic acids is 1. The van der Waals surface area contributed by atoms with E-state index in [2.05, 4.69) is 15.3 Å². The maximum absolute atomic E-state index is 14.1. The Hall–Kier alpha value is -3.47. The number of carbonyl (C=O) groups is 1. The molecule has 0 saturated carbocycles. The Bertz CT molecular complexity index is 1230. The van der Waals surface area contributed by atoms with Gasteiger partial charge < -0.3 is 10.3 Å². The molecule has 0 saturated heterocycles. The maximum atomic E-state index is 14.1. The number of pyridine rings is 1. The van der Waals surface area contributed by atoms with E-state index < -0.39 is 0 Å². The SMILES string of the molecule is Cc1[nH]c2c(F)ccc(C)c2c1CCNC(=O)/C=C/c1cncc2ccccc12.